The number of allylic oxidation sites excluding steroid dienone is 3. The summed E-state index contributed by atoms with van der Waals surface area (Å²) >= 11 is 0. The van der Waals surface area contributed by atoms with E-state index in [1.165, 1.54) is 0 Å². The molecule has 1 aliphatic carbocycles. The molecule has 34 heavy (non-hydrogen) atoms. The van der Waals surface area contributed by atoms with Crippen molar-refractivity contribution in [3.8, 4) is 0 Å². The highest BCUT2D eigenvalue weighted by Crippen LogP contribution is 2.33. The van der Waals surface area contributed by atoms with Gasteiger partial charge in [0.15, 0.2) is 5.78 Å². The summed E-state index contributed by atoms with van der Waals surface area (Å²) in [5.74, 6) is -2.92. The maximum absolute atomic E-state index is 14.3. The van der Waals surface area contributed by atoms with E-state index in [2.05, 4.69) is 5.32 Å². The third kappa shape index (κ3) is 5.50. The number of halogens is 4. The number of nitrogens with one attached hydrogen (secondary N) is 1. The van der Waals surface area contributed by atoms with E-state index >= 15 is 0 Å². The summed E-state index contributed by atoms with van der Waals surface area (Å²) in [5, 5.41) is 2.55. The molecule has 3 rings (SSSR count). The lowest BCUT2D eigenvalue weighted by Gasteiger charge is -2.17. The number of carbonyl (C=O) groups is 3. The van der Waals surface area contributed by atoms with Crippen molar-refractivity contribution < 1.29 is 31.9 Å². The van der Waals surface area contributed by atoms with Gasteiger partial charge in [-0.15, -0.1) is 0 Å². The van der Waals surface area contributed by atoms with Gasteiger partial charge in [-0.1, -0.05) is 56.3 Å². The zero-order valence-electron chi connectivity index (χ0n) is 18.6. The maximum Gasteiger partial charge on any atom is 0.419 e. The highest BCUT2D eigenvalue weighted by molar-refractivity contribution is 6.17. The van der Waals surface area contributed by atoms with Crippen LogP contribution in [0.4, 0.5) is 23.2 Å². The van der Waals surface area contributed by atoms with Crippen LogP contribution in [-0.4, -0.2) is 17.5 Å². The third-order valence-electron chi connectivity index (χ3n) is 5.49. The molecule has 0 fully saturated rings. The van der Waals surface area contributed by atoms with Crippen molar-refractivity contribution in [3.63, 3.8) is 0 Å². The van der Waals surface area contributed by atoms with Gasteiger partial charge >= 0.3 is 6.18 Å². The standard InChI is InChI=1S/C26H23F4NO3/c1-3-6-22(32)15(2)13-17-11-12-18-19(25(17)34)8-5-10-21(18)31-23(33)14-16-7-4-9-20(24(16)27)26(28,29)30/h4-5,7-13,15H,3,6,14H2,1-2H3,(H,31,33)/b17-13+/t15-/m0/s1. The summed E-state index contributed by atoms with van der Waals surface area (Å²) in [5.41, 5.74) is -0.455. The summed E-state index contributed by atoms with van der Waals surface area (Å²) in [6.07, 6.45) is 0.446. The van der Waals surface area contributed by atoms with Crippen molar-refractivity contribution in [2.24, 2.45) is 5.92 Å². The number of benzene rings is 2. The van der Waals surface area contributed by atoms with Gasteiger partial charge in [-0.25, -0.2) is 4.39 Å². The molecule has 1 N–H and O–H groups in total. The smallest absolute Gasteiger partial charge is 0.325 e. The Morgan fingerprint density at radius 1 is 1.09 bits per heavy atom. The van der Waals surface area contributed by atoms with Crippen molar-refractivity contribution in [3.05, 3.63) is 82.2 Å². The van der Waals surface area contributed by atoms with Crippen molar-refractivity contribution in [2.45, 2.75) is 39.3 Å². The molecule has 0 aliphatic heterocycles. The van der Waals surface area contributed by atoms with Crippen molar-refractivity contribution in [1.82, 2.24) is 0 Å². The number of fused-ring (bicyclic) bond motifs is 1. The molecule has 4 nitrogen and oxygen atoms in total. The zero-order chi connectivity index (χ0) is 25.0. The molecule has 0 bridgehead atoms. The van der Waals surface area contributed by atoms with Crippen LogP contribution in [0.2, 0.25) is 0 Å². The van der Waals surface area contributed by atoms with Gasteiger partial charge in [-0.05, 0) is 24.1 Å². The van der Waals surface area contributed by atoms with E-state index in [-0.39, 0.29) is 22.8 Å². The number of alkyl halides is 3. The van der Waals surface area contributed by atoms with Gasteiger partial charge in [0, 0.05) is 34.7 Å². The molecule has 8 heteroatoms. The van der Waals surface area contributed by atoms with E-state index in [0.29, 0.717) is 35.6 Å². The Morgan fingerprint density at radius 2 is 1.79 bits per heavy atom. The summed E-state index contributed by atoms with van der Waals surface area (Å²) in [4.78, 5) is 37.5. The fourth-order valence-electron chi connectivity index (χ4n) is 3.73. The molecular weight excluding hydrogens is 450 g/mol. The van der Waals surface area contributed by atoms with Crippen LogP contribution in [0.5, 0.6) is 0 Å². The second-order valence-electron chi connectivity index (χ2n) is 8.06. The average molecular weight is 473 g/mol. The predicted octanol–water partition coefficient (Wildman–Crippen LogP) is 6.17. The second kappa shape index (κ2) is 10.2. The summed E-state index contributed by atoms with van der Waals surface area (Å²) in [7, 11) is 0. The topological polar surface area (TPSA) is 63.2 Å². The number of hydrogen-bond donors (Lipinski definition) is 1. The first-order valence-electron chi connectivity index (χ1n) is 10.8. The van der Waals surface area contributed by atoms with Crippen LogP contribution < -0.4 is 5.32 Å². The van der Waals surface area contributed by atoms with Crippen molar-refractivity contribution in [2.75, 3.05) is 5.32 Å². The molecule has 0 spiro atoms. The van der Waals surface area contributed by atoms with Crippen LogP contribution in [0.25, 0.3) is 6.08 Å². The molecule has 1 aliphatic rings. The minimum atomic E-state index is -4.87. The van der Waals surface area contributed by atoms with Gasteiger partial charge < -0.3 is 5.32 Å². The Morgan fingerprint density at radius 3 is 2.47 bits per heavy atom. The number of hydrogen-bond acceptors (Lipinski definition) is 3. The van der Waals surface area contributed by atoms with Gasteiger partial charge in [0.2, 0.25) is 5.91 Å². The van der Waals surface area contributed by atoms with E-state index in [1.807, 2.05) is 6.92 Å². The molecule has 2 aromatic rings. The molecule has 178 valence electrons. The van der Waals surface area contributed by atoms with Gasteiger partial charge in [0.1, 0.15) is 11.6 Å². The lowest BCUT2D eigenvalue weighted by Crippen LogP contribution is -2.19. The summed E-state index contributed by atoms with van der Waals surface area (Å²) in [6, 6.07) is 7.45. The minimum Gasteiger partial charge on any atom is -0.325 e. The van der Waals surface area contributed by atoms with E-state index < -0.39 is 35.8 Å². The Kier molecular flexibility index (Phi) is 7.49. The Hall–Kier alpha value is -3.55. The second-order valence-corrected chi connectivity index (χ2v) is 8.06. The van der Waals surface area contributed by atoms with Crippen LogP contribution >= 0.6 is 0 Å². The number of amides is 1. The highest BCUT2D eigenvalue weighted by Gasteiger charge is 2.35. The fourth-order valence-corrected chi connectivity index (χ4v) is 3.73. The predicted molar refractivity (Wildman–Crippen MR) is 121 cm³/mol. The Balaban J connectivity index is 1.81. The van der Waals surface area contributed by atoms with Crippen LogP contribution in [0.15, 0.2) is 54.1 Å². The first kappa shape index (κ1) is 25.1. The number of carbonyl (C=O) groups excluding carboxylic acids is 3. The van der Waals surface area contributed by atoms with E-state index in [0.717, 1.165) is 12.1 Å². The SMILES string of the molecule is CCCC(=O)[C@@H](C)/C=C1\C=Cc2c(NC(=O)Cc3cccc(C(F)(F)F)c3F)cccc2C1=O. The van der Waals surface area contributed by atoms with E-state index in [9.17, 15) is 31.9 Å². The first-order chi connectivity index (χ1) is 16.0. The molecule has 1 amide bonds. The summed E-state index contributed by atoms with van der Waals surface area (Å²) < 4.78 is 53.0. The van der Waals surface area contributed by atoms with Gasteiger partial charge in [0.05, 0.1) is 12.0 Å². The van der Waals surface area contributed by atoms with Gasteiger partial charge in [-0.3, -0.25) is 14.4 Å². The molecule has 1 atom stereocenters. The minimum absolute atomic E-state index is 0.0323. The monoisotopic (exact) mass is 473 g/mol. The van der Waals surface area contributed by atoms with Crippen LogP contribution in [0.1, 0.15) is 53.7 Å². The van der Waals surface area contributed by atoms with Crippen LogP contribution in [0, 0.1) is 11.7 Å². The normalized spacial score (nSPS) is 15.2. The molecule has 0 saturated carbocycles. The molecule has 0 radical (unpaired) electrons. The third-order valence-corrected chi connectivity index (χ3v) is 5.49. The van der Waals surface area contributed by atoms with E-state index in [1.54, 1.807) is 43.4 Å². The molecule has 0 saturated heterocycles. The number of Topliss-reactive ketones (excluding diaryl/α,β-unsaturated/α-hetero) is 2. The number of anilines is 1. The lowest BCUT2D eigenvalue weighted by atomic mass is 9.88. The Labute approximate surface area is 194 Å². The fraction of sp³-hybridized carbons (Fsp3) is 0.269. The van der Waals surface area contributed by atoms with Crippen LogP contribution in [0.3, 0.4) is 0 Å². The molecule has 0 unspecified atom stereocenters. The summed E-state index contributed by atoms with van der Waals surface area (Å²) in [6.45, 7) is 3.63. The highest BCUT2D eigenvalue weighted by atomic mass is 19.4. The lowest BCUT2D eigenvalue weighted by molar-refractivity contribution is -0.140. The van der Waals surface area contributed by atoms with E-state index in [4.69, 9.17) is 0 Å². The van der Waals surface area contributed by atoms with Crippen molar-refractivity contribution in [1.29, 1.82) is 0 Å². The van der Waals surface area contributed by atoms with Crippen LogP contribution in [-0.2, 0) is 22.2 Å². The molecule has 2 aromatic carbocycles. The molecule has 0 heterocycles. The number of ketones is 2. The van der Waals surface area contributed by atoms with Gasteiger partial charge in [0.25, 0.3) is 0 Å². The first-order valence-corrected chi connectivity index (χ1v) is 10.8. The largest absolute Gasteiger partial charge is 0.419 e. The van der Waals surface area contributed by atoms with Crippen molar-refractivity contribution >= 4 is 29.2 Å². The average Bonchev–Trinajstić information content (AvgIpc) is 2.76. The molecule has 0 aromatic heterocycles. The molecular formula is C26H23F4NO3. The maximum atomic E-state index is 14.3. The van der Waals surface area contributed by atoms with Gasteiger partial charge in [-0.2, -0.15) is 13.2 Å². The quantitative estimate of drug-likeness (QED) is 0.387. The number of rotatable bonds is 7. The zero-order valence-corrected chi connectivity index (χ0v) is 18.6. The Bertz CT molecular complexity index is 1200.